The van der Waals surface area contributed by atoms with Crippen molar-refractivity contribution in [3.05, 3.63) is 94.0 Å². The molecular formula is C27H26ClF3N2O3. The lowest BCUT2D eigenvalue weighted by Crippen LogP contribution is -2.39. The number of carboxylic acids is 1. The van der Waals surface area contributed by atoms with Gasteiger partial charge in [0.25, 0.3) is 0 Å². The summed E-state index contributed by atoms with van der Waals surface area (Å²) >= 11 is 6.24. The Hall–Kier alpha value is -3.52. The van der Waals surface area contributed by atoms with Crippen LogP contribution >= 0.6 is 11.6 Å². The normalized spacial score (nSPS) is 12.2. The summed E-state index contributed by atoms with van der Waals surface area (Å²) in [6.07, 6.45) is -4.57. The molecule has 0 aliphatic carbocycles. The minimum absolute atomic E-state index is 0.0906. The standard InChI is InChI=1S/C27H26ClF3N2O3/c1-3-33(26(36)32-15-18-7-5-4-6-8-18)16-21-12-22(27(29,30)31)9-10-24(21)20-11-19(13-23(28)14-20)17(2)25(34)35/h4-14,17H,3,15-16H2,1-2H3,(H,32,36)(H,34,35). The third-order valence-electron chi connectivity index (χ3n) is 5.85. The molecule has 1 atom stereocenters. The molecule has 36 heavy (non-hydrogen) atoms. The van der Waals surface area contributed by atoms with Crippen LogP contribution in [0.1, 0.15) is 42.0 Å². The molecule has 0 heterocycles. The van der Waals surface area contributed by atoms with Crippen molar-refractivity contribution in [2.45, 2.75) is 39.0 Å². The number of rotatable bonds is 8. The highest BCUT2D eigenvalue weighted by molar-refractivity contribution is 6.31. The number of nitrogens with one attached hydrogen (secondary N) is 1. The Morgan fingerprint density at radius 2 is 1.75 bits per heavy atom. The largest absolute Gasteiger partial charge is 0.481 e. The highest BCUT2D eigenvalue weighted by atomic mass is 35.5. The van der Waals surface area contributed by atoms with Gasteiger partial charge in [-0.15, -0.1) is 0 Å². The van der Waals surface area contributed by atoms with Gasteiger partial charge in [0, 0.05) is 24.7 Å². The molecule has 9 heteroatoms. The third-order valence-corrected chi connectivity index (χ3v) is 6.07. The van der Waals surface area contributed by atoms with Crippen LogP contribution in [0.5, 0.6) is 0 Å². The number of amides is 2. The number of hydrogen-bond donors (Lipinski definition) is 2. The lowest BCUT2D eigenvalue weighted by molar-refractivity contribution is -0.139. The van der Waals surface area contributed by atoms with Crippen LogP contribution < -0.4 is 5.32 Å². The zero-order valence-electron chi connectivity index (χ0n) is 19.8. The quantitative estimate of drug-likeness (QED) is 0.339. The Balaban J connectivity index is 1.98. The van der Waals surface area contributed by atoms with Crippen LogP contribution in [0.4, 0.5) is 18.0 Å². The summed E-state index contributed by atoms with van der Waals surface area (Å²) in [5, 5.41) is 12.5. The van der Waals surface area contributed by atoms with E-state index in [-0.39, 0.29) is 30.2 Å². The average molecular weight is 519 g/mol. The average Bonchev–Trinajstić information content (AvgIpc) is 2.84. The highest BCUT2D eigenvalue weighted by Gasteiger charge is 2.31. The van der Waals surface area contributed by atoms with Crippen molar-refractivity contribution in [3.8, 4) is 11.1 Å². The summed E-state index contributed by atoms with van der Waals surface area (Å²) in [7, 11) is 0. The van der Waals surface area contributed by atoms with Crippen LogP contribution in [-0.4, -0.2) is 28.6 Å². The van der Waals surface area contributed by atoms with Crippen molar-refractivity contribution in [2.24, 2.45) is 0 Å². The smallest absolute Gasteiger partial charge is 0.416 e. The van der Waals surface area contributed by atoms with Gasteiger partial charge in [0.05, 0.1) is 11.5 Å². The number of carboxylic acid groups (broad SMARTS) is 1. The molecule has 3 aromatic carbocycles. The number of hydrogen-bond acceptors (Lipinski definition) is 2. The first-order valence-corrected chi connectivity index (χ1v) is 11.7. The minimum atomic E-state index is -4.57. The Morgan fingerprint density at radius 3 is 2.36 bits per heavy atom. The van der Waals surface area contributed by atoms with Crippen LogP contribution in [0, 0.1) is 0 Å². The van der Waals surface area contributed by atoms with Crippen LogP contribution in [0.25, 0.3) is 11.1 Å². The summed E-state index contributed by atoms with van der Waals surface area (Å²) in [4.78, 5) is 25.8. The van der Waals surface area contributed by atoms with Gasteiger partial charge in [-0.3, -0.25) is 4.79 Å². The highest BCUT2D eigenvalue weighted by Crippen LogP contribution is 2.36. The zero-order valence-corrected chi connectivity index (χ0v) is 20.5. The molecule has 0 aliphatic rings. The van der Waals surface area contributed by atoms with E-state index < -0.39 is 29.7 Å². The second-order valence-electron chi connectivity index (χ2n) is 8.36. The molecule has 3 aromatic rings. The Labute approximate surface area is 212 Å². The summed E-state index contributed by atoms with van der Waals surface area (Å²) in [6.45, 7) is 3.68. The van der Waals surface area contributed by atoms with E-state index in [0.29, 0.717) is 16.7 Å². The molecular weight excluding hydrogens is 493 g/mol. The number of benzene rings is 3. The molecule has 2 N–H and O–H groups in total. The molecule has 0 spiro atoms. The van der Waals surface area contributed by atoms with E-state index in [1.165, 1.54) is 24.0 Å². The molecule has 3 rings (SSSR count). The Morgan fingerprint density at radius 1 is 1.06 bits per heavy atom. The molecule has 1 unspecified atom stereocenters. The number of urea groups is 1. The maximum atomic E-state index is 13.5. The first kappa shape index (κ1) is 27.1. The van der Waals surface area contributed by atoms with Gasteiger partial charge in [-0.25, -0.2) is 4.79 Å². The molecule has 2 amide bonds. The number of nitrogens with zero attached hydrogens (tertiary/aromatic N) is 1. The maximum Gasteiger partial charge on any atom is 0.416 e. The second-order valence-corrected chi connectivity index (χ2v) is 8.80. The van der Waals surface area contributed by atoms with Crippen molar-refractivity contribution in [1.29, 1.82) is 0 Å². The van der Waals surface area contributed by atoms with Crippen molar-refractivity contribution in [2.75, 3.05) is 6.54 Å². The number of alkyl halides is 3. The van der Waals surface area contributed by atoms with E-state index in [2.05, 4.69) is 5.32 Å². The van der Waals surface area contributed by atoms with Crippen LogP contribution in [-0.2, 0) is 24.1 Å². The molecule has 0 fully saturated rings. The second kappa shape index (κ2) is 11.5. The van der Waals surface area contributed by atoms with Gasteiger partial charge in [0.15, 0.2) is 0 Å². The van der Waals surface area contributed by atoms with Gasteiger partial charge < -0.3 is 15.3 Å². The fraction of sp³-hybridized carbons (Fsp3) is 0.259. The molecule has 0 saturated carbocycles. The van der Waals surface area contributed by atoms with Crippen molar-refractivity contribution in [1.82, 2.24) is 10.2 Å². The zero-order chi connectivity index (χ0) is 26.5. The predicted octanol–water partition coefficient (Wildman–Crippen LogP) is 6.95. The molecule has 0 radical (unpaired) electrons. The van der Waals surface area contributed by atoms with E-state index >= 15 is 0 Å². The van der Waals surface area contributed by atoms with Crippen molar-refractivity contribution in [3.63, 3.8) is 0 Å². The summed E-state index contributed by atoms with van der Waals surface area (Å²) < 4.78 is 40.6. The third kappa shape index (κ3) is 6.79. The van der Waals surface area contributed by atoms with Gasteiger partial charge in [-0.2, -0.15) is 13.2 Å². The Bertz CT molecular complexity index is 1230. The van der Waals surface area contributed by atoms with E-state index in [4.69, 9.17) is 11.6 Å². The number of carbonyl (C=O) groups excluding carboxylic acids is 1. The lowest BCUT2D eigenvalue weighted by Gasteiger charge is -2.24. The van der Waals surface area contributed by atoms with Gasteiger partial charge in [-0.1, -0.05) is 54.1 Å². The first-order chi connectivity index (χ1) is 17.0. The Kier molecular flexibility index (Phi) is 8.63. The number of aliphatic carboxylic acids is 1. The van der Waals surface area contributed by atoms with Crippen LogP contribution in [0.15, 0.2) is 66.7 Å². The molecule has 0 bridgehead atoms. The van der Waals surface area contributed by atoms with Gasteiger partial charge in [0.1, 0.15) is 0 Å². The molecule has 0 aromatic heterocycles. The summed E-state index contributed by atoms with van der Waals surface area (Å²) in [6, 6.07) is 16.8. The van der Waals surface area contributed by atoms with E-state index in [9.17, 15) is 27.9 Å². The van der Waals surface area contributed by atoms with E-state index in [0.717, 1.165) is 17.7 Å². The summed E-state index contributed by atoms with van der Waals surface area (Å²) in [5.74, 6) is -1.92. The molecule has 0 aliphatic heterocycles. The van der Waals surface area contributed by atoms with Crippen molar-refractivity contribution >= 4 is 23.6 Å². The minimum Gasteiger partial charge on any atom is -0.481 e. The number of carbonyl (C=O) groups is 2. The van der Waals surface area contributed by atoms with Crippen LogP contribution in [0.2, 0.25) is 5.02 Å². The van der Waals surface area contributed by atoms with Gasteiger partial charge >= 0.3 is 18.2 Å². The van der Waals surface area contributed by atoms with Crippen molar-refractivity contribution < 1.29 is 27.9 Å². The van der Waals surface area contributed by atoms with Gasteiger partial charge in [-0.05, 0) is 65.9 Å². The predicted molar refractivity (Wildman–Crippen MR) is 133 cm³/mol. The van der Waals surface area contributed by atoms with E-state index in [1.807, 2.05) is 30.3 Å². The molecule has 190 valence electrons. The SMILES string of the molecule is CCN(Cc1cc(C(F)(F)F)ccc1-c1cc(Cl)cc(C(C)C(=O)O)c1)C(=O)NCc1ccccc1. The topological polar surface area (TPSA) is 69.6 Å². The monoisotopic (exact) mass is 518 g/mol. The lowest BCUT2D eigenvalue weighted by atomic mass is 9.92. The molecule has 0 saturated heterocycles. The fourth-order valence-corrected chi connectivity index (χ4v) is 4.00. The first-order valence-electron chi connectivity index (χ1n) is 11.3. The summed E-state index contributed by atoms with van der Waals surface area (Å²) in [5.41, 5.74) is 1.62. The van der Waals surface area contributed by atoms with E-state index in [1.54, 1.807) is 19.1 Å². The maximum absolute atomic E-state index is 13.5. The fourth-order valence-electron chi connectivity index (χ4n) is 3.76. The molecule has 5 nitrogen and oxygen atoms in total. The van der Waals surface area contributed by atoms with Crippen LogP contribution in [0.3, 0.4) is 0 Å². The van der Waals surface area contributed by atoms with Gasteiger partial charge in [0.2, 0.25) is 0 Å². The number of halogens is 4.